The van der Waals surface area contributed by atoms with Gasteiger partial charge in [0, 0.05) is 31.0 Å². The molecule has 2 heterocycles. The summed E-state index contributed by atoms with van der Waals surface area (Å²) in [5.41, 5.74) is 0. The van der Waals surface area contributed by atoms with Gasteiger partial charge < -0.3 is 14.3 Å². The zero-order valence-electron chi connectivity index (χ0n) is 17.3. The van der Waals surface area contributed by atoms with Crippen LogP contribution >= 0.6 is 11.8 Å². The number of furan rings is 1. The monoisotopic (exact) mass is 414 g/mol. The average Bonchev–Trinajstić information content (AvgIpc) is 3.18. The first kappa shape index (κ1) is 20.3. The number of amides is 1. The Labute approximate surface area is 176 Å². The van der Waals surface area contributed by atoms with E-state index in [-0.39, 0.29) is 5.91 Å². The van der Waals surface area contributed by atoms with Crippen LogP contribution in [0.15, 0.2) is 27.8 Å². The molecule has 2 aromatic rings. The lowest BCUT2D eigenvalue weighted by Crippen LogP contribution is -2.23. The van der Waals surface area contributed by atoms with Crippen LogP contribution in [0.2, 0.25) is 0 Å². The van der Waals surface area contributed by atoms with E-state index in [9.17, 15) is 4.79 Å². The summed E-state index contributed by atoms with van der Waals surface area (Å²) in [6.45, 7) is 2.85. The van der Waals surface area contributed by atoms with Gasteiger partial charge in [0.1, 0.15) is 17.3 Å². The number of rotatable bonds is 9. The van der Waals surface area contributed by atoms with Gasteiger partial charge in [-0.1, -0.05) is 31.5 Å². The minimum Gasteiger partial charge on any atom is -0.461 e. The molecule has 0 aliphatic heterocycles. The summed E-state index contributed by atoms with van der Waals surface area (Å²) in [6.07, 6.45) is 13.2. The summed E-state index contributed by atoms with van der Waals surface area (Å²) in [5, 5.41) is 12.7. The maximum Gasteiger partial charge on any atom is 0.244 e. The molecule has 0 bridgehead atoms. The second-order valence-corrected chi connectivity index (χ2v) is 8.97. The summed E-state index contributed by atoms with van der Waals surface area (Å²) >= 11 is 1.66. The minimum atomic E-state index is -0.0928. The summed E-state index contributed by atoms with van der Waals surface area (Å²) in [4.78, 5) is 12.1. The summed E-state index contributed by atoms with van der Waals surface area (Å²) in [5.74, 6) is 4.00. The first-order valence-electron chi connectivity index (χ1n) is 10.7. The fourth-order valence-electron chi connectivity index (χ4n) is 4.20. The highest BCUT2D eigenvalue weighted by atomic mass is 32.2. The van der Waals surface area contributed by atoms with Crippen molar-refractivity contribution in [1.82, 2.24) is 20.1 Å². The maximum atomic E-state index is 12.1. The lowest BCUT2D eigenvalue weighted by molar-refractivity contribution is -0.116. The van der Waals surface area contributed by atoms with Gasteiger partial charge in [0.05, 0.1) is 0 Å². The third-order valence-electron chi connectivity index (χ3n) is 6.01. The van der Waals surface area contributed by atoms with Gasteiger partial charge in [-0.2, -0.15) is 0 Å². The number of hydrogen-bond donors (Lipinski definition) is 1. The molecule has 0 aromatic carbocycles. The Morgan fingerprint density at radius 1 is 1.34 bits per heavy atom. The second-order valence-electron chi connectivity index (χ2n) is 8.20. The highest BCUT2D eigenvalue weighted by molar-refractivity contribution is 7.98. The van der Waals surface area contributed by atoms with Crippen LogP contribution in [0.5, 0.6) is 0 Å². The molecule has 4 rings (SSSR count). The van der Waals surface area contributed by atoms with E-state index >= 15 is 0 Å². The van der Waals surface area contributed by atoms with Crippen molar-refractivity contribution in [3.63, 3.8) is 0 Å². The number of carbonyl (C=O) groups is 1. The largest absolute Gasteiger partial charge is 0.461 e. The molecule has 0 radical (unpaired) electrons. The van der Waals surface area contributed by atoms with Gasteiger partial charge in [-0.25, -0.2) is 0 Å². The van der Waals surface area contributed by atoms with Gasteiger partial charge in [-0.3, -0.25) is 4.79 Å². The number of nitrogens with one attached hydrogen (secondary N) is 1. The molecule has 7 heteroatoms. The first-order valence-corrected chi connectivity index (χ1v) is 11.9. The van der Waals surface area contributed by atoms with E-state index in [1.165, 1.54) is 32.1 Å². The van der Waals surface area contributed by atoms with Crippen molar-refractivity contribution in [2.45, 2.75) is 69.0 Å². The molecular weight excluding hydrogens is 384 g/mol. The van der Waals surface area contributed by atoms with E-state index in [0.717, 1.165) is 35.3 Å². The Hall–Kier alpha value is -2.02. The van der Waals surface area contributed by atoms with Crippen LogP contribution in [0.4, 0.5) is 0 Å². The summed E-state index contributed by atoms with van der Waals surface area (Å²) in [6, 6.07) is 4.50. The van der Waals surface area contributed by atoms with E-state index in [1.54, 1.807) is 23.9 Å². The molecule has 1 N–H and O–H groups in total. The van der Waals surface area contributed by atoms with Crippen molar-refractivity contribution in [3.8, 4) is 0 Å². The van der Waals surface area contributed by atoms with Gasteiger partial charge >= 0.3 is 0 Å². The Morgan fingerprint density at radius 2 is 2.14 bits per heavy atom. The molecule has 156 valence electrons. The van der Waals surface area contributed by atoms with Crippen molar-refractivity contribution in [1.29, 1.82) is 0 Å². The van der Waals surface area contributed by atoms with Crippen LogP contribution in [-0.4, -0.2) is 33.5 Å². The fourth-order valence-corrected chi connectivity index (χ4v) is 4.77. The van der Waals surface area contributed by atoms with Crippen LogP contribution in [0.25, 0.3) is 6.08 Å². The summed E-state index contributed by atoms with van der Waals surface area (Å²) in [7, 11) is 0. The maximum absolute atomic E-state index is 12.1. The third kappa shape index (κ3) is 4.94. The second kappa shape index (κ2) is 9.20. The van der Waals surface area contributed by atoms with Crippen molar-refractivity contribution < 1.29 is 9.21 Å². The Bertz CT molecular complexity index is 866. The third-order valence-corrected chi connectivity index (χ3v) is 6.65. The molecule has 0 saturated heterocycles. The molecule has 2 aromatic heterocycles. The molecule has 1 amide bonds. The van der Waals surface area contributed by atoms with E-state index in [1.807, 2.05) is 12.1 Å². The van der Waals surface area contributed by atoms with Crippen molar-refractivity contribution in [2.75, 3.05) is 12.8 Å². The molecule has 2 fully saturated rings. The predicted molar refractivity (Wildman–Crippen MR) is 115 cm³/mol. The van der Waals surface area contributed by atoms with Gasteiger partial charge in [0.25, 0.3) is 0 Å². The zero-order valence-corrected chi connectivity index (χ0v) is 18.1. The van der Waals surface area contributed by atoms with Crippen LogP contribution < -0.4 is 5.32 Å². The quantitative estimate of drug-likeness (QED) is 0.369. The number of thioether (sulfide) groups is 1. The van der Waals surface area contributed by atoms with Crippen molar-refractivity contribution >= 4 is 23.7 Å². The number of aryl methyl sites for hydroxylation is 1. The van der Waals surface area contributed by atoms with Gasteiger partial charge in [0.2, 0.25) is 5.91 Å². The van der Waals surface area contributed by atoms with Crippen LogP contribution in [-0.2, 0) is 11.2 Å². The number of carbonyl (C=O) groups excluding carboxylic acids is 1. The highest BCUT2D eigenvalue weighted by Crippen LogP contribution is 2.47. The molecule has 6 nitrogen and oxygen atoms in total. The predicted octanol–water partition coefficient (Wildman–Crippen LogP) is 4.59. The molecule has 0 spiro atoms. The fraction of sp³-hybridized carbons (Fsp3) is 0.591. The number of aromatic nitrogens is 3. The van der Waals surface area contributed by atoms with Crippen LogP contribution in [0.1, 0.15) is 74.8 Å². The highest BCUT2D eigenvalue weighted by Gasteiger charge is 2.36. The van der Waals surface area contributed by atoms with E-state index in [4.69, 9.17) is 4.42 Å². The average molecular weight is 415 g/mol. The molecule has 29 heavy (non-hydrogen) atoms. The number of nitrogens with zero attached hydrogens (tertiary/aromatic N) is 3. The lowest BCUT2D eigenvalue weighted by Gasteiger charge is -2.16. The molecule has 2 atom stereocenters. The Balaban J connectivity index is 1.23. The van der Waals surface area contributed by atoms with Gasteiger partial charge in [-0.05, 0) is 56.1 Å². The Morgan fingerprint density at radius 3 is 2.86 bits per heavy atom. The smallest absolute Gasteiger partial charge is 0.244 e. The molecule has 2 aliphatic carbocycles. The van der Waals surface area contributed by atoms with Crippen LogP contribution in [0.3, 0.4) is 0 Å². The van der Waals surface area contributed by atoms with Crippen molar-refractivity contribution in [3.05, 3.63) is 35.6 Å². The van der Waals surface area contributed by atoms with E-state index < -0.39 is 0 Å². The molecule has 2 unspecified atom stereocenters. The Kier molecular flexibility index (Phi) is 6.43. The molecular formula is C22H30N4O2S. The van der Waals surface area contributed by atoms with Crippen molar-refractivity contribution in [2.24, 2.45) is 5.92 Å². The standard InChI is InChI=1S/C22H30N4O2S/c1-15-14-18(15)19-11-9-17(28-19)10-12-21(27)23-13-5-8-20-24-25-22(29-2)26(20)16-6-3-4-7-16/h9-12,15-16,18H,3-8,13-14H2,1-2H3,(H,23,27). The summed E-state index contributed by atoms with van der Waals surface area (Å²) < 4.78 is 8.13. The molecule has 2 aliphatic rings. The topological polar surface area (TPSA) is 73.0 Å². The van der Waals surface area contributed by atoms with E-state index in [0.29, 0.717) is 24.4 Å². The van der Waals surface area contributed by atoms with Gasteiger partial charge in [0.15, 0.2) is 5.16 Å². The lowest BCUT2D eigenvalue weighted by atomic mass is 10.2. The van der Waals surface area contributed by atoms with Gasteiger partial charge in [-0.15, -0.1) is 10.2 Å². The minimum absolute atomic E-state index is 0.0928. The van der Waals surface area contributed by atoms with Crippen LogP contribution in [0, 0.1) is 5.92 Å². The normalized spacial score (nSPS) is 21.9. The molecule has 2 saturated carbocycles. The first-order chi connectivity index (χ1) is 14.2. The zero-order chi connectivity index (χ0) is 20.2. The SMILES string of the molecule is CSc1nnc(CCCNC(=O)C=Cc2ccc(C3CC3C)o2)n1C1CCCC1. The number of hydrogen-bond acceptors (Lipinski definition) is 5. The van der Waals surface area contributed by atoms with E-state index in [2.05, 4.69) is 33.3 Å².